The quantitative estimate of drug-likeness (QED) is 0.517. The molecular weight excluding hydrogens is 437 g/mol. The lowest BCUT2D eigenvalue weighted by Crippen LogP contribution is -2.42. The van der Waals surface area contributed by atoms with Crippen LogP contribution in [0.2, 0.25) is 10.0 Å². The Morgan fingerprint density at radius 1 is 0.793 bits per heavy atom. The molecule has 148 valence electrons. The summed E-state index contributed by atoms with van der Waals surface area (Å²) in [5.41, 5.74) is 5.35. The van der Waals surface area contributed by atoms with Gasteiger partial charge in [0.25, 0.3) is 11.8 Å². The Balaban J connectivity index is 1.49. The highest BCUT2D eigenvalue weighted by Gasteiger charge is 2.13. The second kappa shape index (κ2) is 9.46. The Bertz CT molecular complexity index is 1040. The van der Waals surface area contributed by atoms with Crippen molar-refractivity contribution in [3.05, 3.63) is 74.7 Å². The predicted octanol–water partition coefficient (Wildman–Crippen LogP) is 3.10. The van der Waals surface area contributed by atoms with E-state index in [9.17, 15) is 14.4 Å². The molecule has 8 nitrogen and oxygen atoms in total. The van der Waals surface area contributed by atoms with Crippen LogP contribution in [0.5, 0.6) is 0 Å². The zero-order chi connectivity index (χ0) is 20.8. The molecule has 0 saturated carbocycles. The van der Waals surface area contributed by atoms with Crippen LogP contribution in [-0.2, 0) is 11.2 Å². The lowest BCUT2D eigenvalue weighted by molar-refractivity contribution is -0.121. The summed E-state index contributed by atoms with van der Waals surface area (Å²) >= 11 is 12.6. The Morgan fingerprint density at radius 2 is 1.34 bits per heavy atom. The van der Waals surface area contributed by atoms with Crippen LogP contribution in [0.4, 0.5) is 5.13 Å². The average molecular weight is 450 g/mol. The summed E-state index contributed by atoms with van der Waals surface area (Å²) in [6.45, 7) is 0. The van der Waals surface area contributed by atoms with E-state index in [4.69, 9.17) is 23.2 Å². The van der Waals surface area contributed by atoms with Gasteiger partial charge in [0.05, 0.1) is 6.42 Å². The van der Waals surface area contributed by atoms with Crippen molar-refractivity contribution >= 4 is 57.4 Å². The Hall–Kier alpha value is -3.01. The van der Waals surface area contributed by atoms with Crippen molar-refractivity contribution in [1.82, 2.24) is 21.0 Å². The highest BCUT2D eigenvalue weighted by atomic mass is 35.5. The van der Waals surface area contributed by atoms with Crippen molar-refractivity contribution in [1.29, 1.82) is 0 Å². The van der Waals surface area contributed by atoms with E-state index in [0.29, 0.717) is 26.2 Å². The number of hydrazine groups is 1. The topological polar surface area (TPSA) is 113 Å². The van der Waals surface area contributed by atoms with Gasteiger partial charge in [-0.2, -0.15) is 0 Å². The molecule has 1 aromatic heterocycles. The van der Waals surface area contributed by atoms with Crippen LogP contribution in [0.3, 0.4) is 0 Å². The first-order valence-electron chi connectivity index (χ1n) is 8.15. The molecule has 0 bridgehead atoms. The van der Waals surface area contributed by atoms with Crippen LogP contribution in [0.1, 0.15) is 25.7 Å². The van der Waals surface area contributed by atoms with Gasteiger partial charge in [0, 0.05) is 21.2 Å². The molecule has 3 N–H and O–H groups in total. The lowest BCUT2D eigenvalue weighted by Gasteiger charge is -2.06. The molecule has 0 fully saturated rings. The molecule has 0 aliphatic carbocycles. The third kappa shape index (κ3) is 5.98. The van der Waals surface area contributed by atoms with Gasteiger partial charge < -0.3 is 0 Å². The number of hydrogen-bond acceptors (Lipinski definition) is 6. The molecule has 2 aromatic carbocycles. The van der Waals surface area contributed by atoms with Crippen LogP contribution in [-0.4, -0.2) is 27.9 Å². The average Bonchev–Trinajstić information content (AvgIpc) is 3.13. The second-order valence-electron chi connectivity index (χ2n) is 5.65. The van der Waals surface area contributed by atoms with E-state index in [1.807, 2.05) is 0 Å². The molecule has 0 spiro atoms. The van der Waals surface area contributed by atoms with Crippen LogP contribution >= 0.6 is 34.5 Å². The number of halogens is 2. The molecule has 0 atom stereocenters. The lowest BCUT2D eigenvalue weighted by atomic mass is 10.2. The number of carbonyl (C=O) groups is 3. The zero-order valence-electron chi connectivity index (χ0n) is 14.6. The monoisotopic (exact) mass is 449 g/mol. The SMILES string of the molecule is O=C(Cc1nnc(NC(=O)c2ccc(Cl)cc2)s1)NNC(=O)c1ccc(Cl)cc1. The zero-order valence-corrected chi connectivity index (χ0v) is 16.9. The summed E-state index contributed by atoms with van der Waals surface area (Å²) < 4.78 is 0. The smallest absolute Gasteiger partial charge is 0.269 e. The summed E-state index contributed by atoms with van der Waals surface area (Å²) in [6.07, 6.45) is -0.116. The van der Waals surface area contributed by atoms with Gasteiger partial charge in [0.15, 0.2) is 0 Å². The van der Waals surface area contributed by atoms with E-state index in [0.717, 1.165) is 11.3 Å². The highest BCUT2D eigenvalue weighted by molar-refractivity contribution is 7.15. The predicted molar refractivity (Wildman–Crippen MR) is 110 cm³/mol. The van der Waals surface area contributed by atoms with Gasteiger partial charge >= 0.3 is 0 Å². The van der Waals surface area contributed by atoms with Gasteiger partial charge in [-0.15, -0.1) is 10.2 Å². The Labute approximate surface area is 179 Å². The number of amides is 3. The second-order valence-corrected chi connectivity index (χ2v) is 7.58. The largest absolute Gasteiger partial charge is 0.296 e. The van der Waals surface area contributed by atoms with Crippen LogP contribution in [0, 0.1) is 0 Å². The normalized spacial score (nSPS) is 10.3. The number of benzene rings is 2. The number of hydrogen-bond donors (Lipinski definition) is 3. The molecule has 29 heavy (non-hydrogen) atoms. The fourth-order valence-corrected chi connectivity index (χ4v) is 3.11. The molecule has 0 radical (unpaired) electrons. The van der Waals surface area contributed by atoms with Crippen molar-refractivity contribution in [3.63, 3.8) is 0 Å². The van der Waals surface area contributed by atoms with Crippen molar-refractivity contribution in [3.8, 4) is 0 Å². The maximum atomic E-state index is 12.1. The highest BCUT2D eigenvalue weighted by Crippen LogP contribution is 2.17. The maximum absolute atomic E-state index is 12.1. The van der Waals surface area contributed by atoms with Gasteiger partial charge in [-0.1, -0.05) is 34.5 Å². The molecule has 0 saturated heterocycles. The summed E-state index contributed by atoms with van der Waals surface area (Å²) in [6, 6.07) is 12.6. The van der Waals surface area contributed by atoms with Crippen LogP contribution in [0.15, 0.2) is 48.5 Å². The van der Waals surface area contributed by atoms with Crippen molar-refractivity contribution < 1.29 is 14.4 Å². The number of carbonyl (C=O) groups excluding carboxylic acids is 3. The van der Waals surface area contributed by atoms with E-state index >= 15 is 0 Å². The van der Waals surface area contributed by atoms with Crippen molar-refractivity contribution in [2.45, 2.75) is 6.42 Å². The van der Waals surface area contributed by atoms with Crippen molar-refractivity contribution in [2.75, 3.05) is 5.32 Å². The standard InChI is InChI=1S/C18H13Cl2N5O3S/c19-12-5-1-10(2-6-12)16(27)21-18-25-23-15(29-18)9-14(26)22-24-17(28)11-3-7-13(20)8-4-11/h1-8H,9H2,(H,22,26)(H,24,28)(H,21,25,27). The molecular formula is C18H13Cl2N5O3S. The third-order valence-electron chi connectivity index (χ3n) is 3.53. The first-order chi connectivity index (χ1) is 13.9. The number of nitrogens with zero attached hydrogens (tertiary/aromatic N) is 2. The van der Waals surface area contributed by atoms with Gasteiger partial charge in [0.1, 0.15) is 5.01 Å². The number of aromatic nitrogens is 2. The minimum absolute atomic E-state index is 0.116. The number of anilines is 1. The van der Waals surface area contributed by atoms with Gasteiger partial charge in [-0.25, -0.2) is 0 Å². The third-order valence-corrected chi connectivity index (χ3v) is 4.87. The molecule has 0 aliphatic rings. The van der Waals surface area contributed by atoms with E-state index < -0.39 is 11.8 Å². The minimum Gasteiger partial charge on any atom is -0.296 e. The number of nitrogens with one attached hydrogen (secondary N) is 3. The molecule has 3 rings (SSSR count). The molecule has 11 heteroatoms. The van der Waals surface area contributed by atoms with Gasteiger partial charge in [-0.3, -0.25) is 30.6 Å². The van der Waals surface area contributed by atoms with E-state index in [1.54, 1.807) is 36.4 Å². The first-order valence-corrected chi connectivity index (χ1v) is 9.72. The van der Waals surface area contributed by atoms with Crippen molar-refractivity contribution in [2.24, 2.45) is 0 Å². The fraction of sp³-hybridized carbons (Fsp3) is 0.0556. The minimum atomic E-state index is -0.487. The number of rotatable bonds is 5. The first kappa shape index (κ1) is 20.7. The van der Waals surface area contributed by atoms with E-state index in [-0.39, 0.29) is 17.5 Å². The summed E-state index contributed by atoms with van der Waals surface area (Å²) in [7, 11) is 0. The van der Waals surface area contributed by atoms with Crippen LogP contribution < -0.4 is 16.2 Å². The summed E-state index contributed by atoms with van der Waals surface area (Å²) in [4.78, 5) is 36.1. The van der Waals surface area contributed by atoms with Gasteiger partial charge in [0.2, 0.25) is 11.0 Å². The van der Waals surface area contributed by atoms with E-state index in [1.165, 1.54) is 12.1 Å². The molecule has 0 unspecified atom stereocenters. The molecule has 3 amide bonds. The summed E-state index contributed by atoms with van der Waals surface area (Å²) in [5, 5.41) is 11.9. The fourth-order valence-electron chi connectivity index (χ4n) is 2.13. The van der Waals surface area contributed by atoms with Gasteiger partial charge in [-0.05, 0) is 48.5 Å². The van der Waals surface area contributed by atoms with Crippen LogP contribution in [0.25, 0.3) is 0 Å². The molecule has 0 aliphatic heterocycles. The van der Waals surface area contributed by atoms with E-state index in [2.05, 4.69) is 26.4 Å². The Kier molecular flexibility index (Phi) is 6.76. The molecule has 1 heterocycles. The maximum Gasteiger partial charge on any atom is 0.269 e. The summed E-state index contributed by atoms with van der Waals surface area (Å²) in [5.74, 6) is -1.34. The molecule has 3 aromatic rings. The Morgan fingerprint density at radius 3 is 1.93 bits per heavy atom.